The third-order valence-corrected chi connectivity index (χ3v) is 7.28. The Morgan fingerprint density at radius 2 is 1.77 bits per heavy atom. The van der Waals surface area contributed by atoms with Gasteiger partial charge in [-0.25, -0.2) is 8.42 Å². The number of amides is 1. The number of halogens is 1. The van der Waals surface area contributed by atoms with E-state index in [2.05, 4.69) is 5.32 Å². The summed E-state index contributed by atoms with van der Waals surface area (Å²) < 4.78 is 43.6. The Morgan fingerprint density at radius 1 is 1.06 bits per heavy atom. The van der Waals surface area contributed by atoms with E-state index in [0.717, 1.165) is 0 Å². The van der Waals surface area contributed by atoms with Crippen molar-refractivity contribution < 1.29 is 27.4 Å². The monoisotopic (exact) mass is 468 g/mol. The standard InChI is InChI=1S/C21H25ClN2O6S/c1-28-16-7-9-19(30-3)20(12-16)31(26,27)24-10-4-5-14(13-24)21(25)23-17-11-15(22)6-8-18(17)29-2/h6-9,11-12,14H,4-5,10,13H2,1-3H3,(H,23,25)/t14-/m0/s1. The van der Waals surface area contributed by atoms with Gasteiger partial charge in [-0.3, -0.25) is 4.79 Å². The van der Waals surface area contributed by atoms with Crippen molar-refractivity contribution in [3.63, 3.8) is 0 Å². The molecule has 10 heteroatoms. The van der Waals surface area contributed by atoms with E-state index >= 15 is 0 Å². The number of rotatable bonds is 7. The lowest BCUT2D eigenvalue weighted by atomic mass is 9.98. The van der Waals surface area contributed by atoms with Crippen LogP contribution in [-0.4, -0.2) is 53.0 Å². The Hall–Kier alpha value is -2.49. The molecule has 168 valence electrons. The fraction of sp³-hybridized carbons (Fsp3) is 0.381. The quantitative estimate of drug-likeness (QED) is 0.669. The third-order valence-electron chi connectivity index (χ3n) is 5.16. The van der Waals surface area contributed by atoms with E-state index < -0.39 is 15.9 Å². The van der Waals surface area contributed by atoms with E-state index in [4.69, 9.17) is 25.8 Å². The first-order valence-corrected chi connectivity index (χ1v) is 11.5. The van der Waals surface area contributed by atoms with E-state index in [9.17, 15) is 13.2 Å². The lowest BCUT2D eigenvalue weighted by Crippen LogP contribution is -2.43. The molecule has 1 heterocycles. The van der Waals surface area contributed by atoms with E-state index in [1.807, 2.05) is 0 Å². The van der Waals surface area contributed by atoms with Gasteiger partial charge in [0.15, 0.2) is 0 Å². The molecular formula is C21H25ClN2O6S. The van der Waals surface area contributed by atoms with Crippen LogP contribution < -0.4 is 19.5 Å². The topological polar surface area (TPSA) is 94.2 Å². The molecule has 0 aromatic heterocycles. The van der Waals surface area contributed by atoms with Crippen molar-refractivity contribution in [1.82, 2.24) is 4.31 Å². The number of ether oxygens (including phenoxy) is 3. The first kappa shape index (κ1) is 23.2. The highest BCUT2D eigenvalue weighted by Crippen LogP contribution is 2.33. The minimum atomic E-state index is -3.89. The molecule has 1 aliphatic heterocycles. The average Bonchev–Trinajstić information content (AvgIpc) is 2.78. The SMILES string of the molecule is COc1ccc(OC)c(S(=O)(=O)N2CCC[C@H](C(=O)Nc3cc(Cl)ccc3OC)C2)c1. The summed E-state index contributed by atoms with van der Waals surface area (Å²) >= 11 is 6.03. The van der Waals surface area contributed by atoms with Gasteiger partial charge in [0.05, 0.1) is 32.9 Å². The molecule has 1 fully saturated rings. The van der Waals surface area contributed by atoms with Gasteiger partial charge in [-0.1, -0.05) is 11.6 Å². The molecule has 1 aliphatic rings. The van der Waals surface area contributed by atoms with Crippen molar-refractivity contribution in [1.29, 1.82) is 0 Å². The lowest BCUT2D eigenvalue weighted by Gasteiger charge is -2.31. The number of nitrogens with zero attached hydrogens (tertiary/aromatic N) is 1. The molecule has 1 N–H and O–H groups in total. The van der Waals surface area contributed by atoms with E-state index in [-0.39, 0.29) is 23.1 Å². The van der Waals surface area contributed by atoms with Crippen molar-refractivity contribution in [2.45, 2.75) is 17.7 Å². The maximum absolute atomic E-state index is 13.3. The number of carbonyl (C=O) groups excluding carboxylic acids is 1. The normalized spacial score (nSPS) is 17.1. The molecular weight excluding hydrogens is 444 g/mol. The summed E-state index contributed by atoms with van der Waals surface area (Å²) in [5.41, 5.74) is 0.439. The van der Waals surface area contributed by atoms with Crippen LogP contribution >= 0.6 is 11.6 Å². The minimum Gasteiger partial charge on any atom is -0.497 e. The summed E-state index contributed by atoms with van der Waals surface area (Å²) in [5, 5.41) is 3.26. The van der Waals surface area contributed by atoms with Crippen LogP contribution in [-0.2, 0) is 14.8 Å². The molecule has 0 radical (unpaired) electrons. The van der Waals surface area contributed by atoms with E-state index in [1.54, 1.807) is 30.3 Å². The number of hydrogen-bond donors (Lipinski definition) is 1. The number of sulfonamides is 1. The van der Waals surface area contributed by atoms with Crippen molar-refractivity contribution in [3.05, 3.63) is 41.4 Å². The van der Waals surface area contributed by atoms with Crippen LogP contribution in [0.5, 0.6) is 17.2 Å². The van der Waals surface area contributed by atoms with Crippen molar-refractivity contribution in [3.8, 4) is 17.2 Å². The predicted molar refractivity (Wildman–Crippen MR) is 118 cm³/mol. The number of carbonyl (C=O) groups is 1. The molecule has 0 bridgehead atoms. The van der Waals surface area contributed by atoms with Gasteiger partial charge in [0.25, 0.3) is 0 Å². The summed E-state index contributed by atoms with van der Waals surface area (Å²) in [7, 11) is 0.472. The number of hydrogen-bond acceptors (Lipinski definition) is 6. The summed E-state index contributed by atoms with van der Waals surface area (Å²) in [6, 6.07) is 9.51. The van der Waals surface area contributed by atoms with Gasteiger partial charge < -0.3 is 19.5 Å². The van der Waals surface area contributed by atoms with Crippen molar-refractivity contribution in [2.24, 2.45) is 5.92 Å². The average molecular weight is 469 g/mol. The second-order valence-electron chi connectivity index (χ2n) is 7.05. The second-order valence-corrected chi connectivity index (χ2v) is 9.40. The Balaban J connectivity index is 1.82. The third kappa shape index (κ3) is 5.06. The lowest BCUT2D eigenvalue weighted by molar-refractivity contribution is -0.120. The molecule has 1 atom stereocenters. The van der Waals surface area contributed by atoms with Crippen LogP contribution in [0.15, 0.2) is 41.3 Å². The fourth-order valence-corrected chi connectivity index (χ4v) is 5.38. The number of nitrogens with one attached hydrogen (secondary N) is 1. The molecule has 0 unspecified atom stereocenters. The summed E-state index contributed by atoms with van der Waals surface area (Å²) in [4.78, 5) is 12.9. The Kier molecular flexibility index (Phi) is 7.30. The molecule has 8 nitrogen and oxygen atoms in total. The highest BCUT2D eigenvalue weighted by molar-refractivity contribution is 7.89. The van der Waals surface area contributed by atoms with Crippen LogP contribution in [0.3, 0.4) is 0 Å². The van der Waals surface area contributed by atoms with Gasteiger partial charge >= 0.3 is 0 Å². The Bertz CT molecular complexity index is 1060. The molecule has 1 amide bonds. The van der Waals surface area contributed by atoms with Gasteiger partial charge in [-0.2, -0.15) is 4.31 Å². The molecule has 0 spiro atoms. The second kappa shape index (κ2) is 9.76. The molecule has 3 rings (SSSR count). The zero-order chi connectivity index (χ0) is 22.6. The molecule has 0 aliphatic carbocycles. The van der Waals surface area contributed by atoms with E-state index in [1.165, 1.54) is 31.7 Å². The van der Waals surface area contributed by atoms with Crippen LogP contribution in [0.1, 0.15) is 12.8 Å². The molecule has 1 saturated heterocycles. The van der Waals surface area contributed by atoms with Crippen LogP contribution in [0.2, 0.25) is 5.02 Å². The molecule has 31 heavy (non-hydrogen) atoms. The highest BCUT2D eigenvalue weighted by Gasteiger charge is 2.35. The van der Waals surface area contributed by atoms with E-state index in [0.29, 0.717) is 41.6 Å². The minimum absolute atomic E-state index is 0.00641. The number of benzene rings is 2. The first-order chi connectivity index (χ1) is 14.8. The van der Waals surface area contributed by atoms with Crippen LogP contribution in [0, 0.1) is 5.92 Å². The van der Waals surface area contributed by atoms with Crippen LogP contribution in [0.4, 0.5) is 5.69 Å². The number of anilines is 1. The Labute approximate surface area is 187 Å². The van der Waals surface area contributed by atoms with Gasteiger partial charge in [0.2, 0.25) is 15.9 Å². The highest BCUT2D eigenvalue weighted by atomic mass is 35.5. The number of piperidine rings is 1. The van der Waals surface area contributed by atoms with Crippen molar-refractivity contribution in [2.75, 3.05) is 39.7 Å². The Morgan fingerprint density at radius 3 is 2.45 bits per heavy atom. The maximum Gasteiger partial charge on any atom is 0.246 e. The zero-order valence-corrected chi connectivity index (χ0v) is 19.1. The molecule has 0 saturated carbocycles. The smallest absolute Gasteiger partial charge is 0.246 e. The molecule has 2 aromatic carbocycles. The van der Waals surface area contributed by atoms with Crippen LogP contribution in [0.25, 0.3) is 0 Å². The van der Waals surface area contributed by atoms with Gasteiger partial charge in [-0.05, 0) is 43.2 Å². The fourth-order valence-electron chi connectivity index (χ4n) is 3.51. The van der Waals surface area contributed by atoms with Gasteiger partial charge in [0.1, 0.15) is 22.1 Å². The summed E-state index contributed by atoms with van der Waals surface area (Å²) in [5.74, 6) is 0.274. The van der Waals surface area contributed by atoms with Gasteiger partial charge in [-0.15, -0.1) is 0 Å². The predicted octanol–water partition coefficient (Wildman–Crippen LogP) is 3.41. The maximum atomic E-state index is 13.3. The summed E-state index contributed by atoms with van der Waals surface area (Å²) in [6.45, 7) is 0.365. The number of methoxy groups -OCH3 is 3. The van der Waals surface area contributed by atoms with Gasteiger partial charge in [0, 0.05) is 24.2 Å². The first-order valence-electron chi connectivity index (χ1n) is 9.66. The molecule has 2 aromatic rings. The van der Waals surface area contributed by atoms with Crippen molar-refractivity contribution >= 4 is 33.2 Å². The largest absolute Gasteiger partial charge is 0.497 e. The summed E-state index contributed by atoms with van der Waals surface area (Å²) in [6.07, 6.45) is 1.12. The zero-order valence-electron chi connectivity index (χ0n) is 17.6.